The van der Waals surface area contributed by atoms with Gasteiger partial charge >= 0.3 is 0 Å². The van der Waals surface area contributed by atoms with Crippen LogP contribution in [0.5, 0.6) is 0 Å². The van der Waals surface area contributed by atoms with Gasteiger partial charge in [-0.05, 0) is 13.3 Å². The maximum atomic E-state index is 8.45. The first-order valence-electron chi connectivity index (χ1n) is 2.84. The van der Waals surface area contributed by atoms with Crippen molar-refractivity contribution in [3.8, 4) is 6.07 Å². The molecule has 0 aromatic rings. The molecule has 1 heterocycles. The highest BCUT2D eigenvalue weighted by Crippen LogP contribution is 2.37. The highest BCUT2D eigenvalue weighted by molar-refractivity contribution is 5.15. The maximum absolute atomic E-state index is 8.45. The summed E-state index contributed by atoms with van der Waals surface area (Å²) in [5.74, 6) is 0. The van der Waals surface area contributed by atoms with Gasteiger partial charge in [-0.2, -0.15) is 5.26 Å². The van der Waals surface area contributed by atoms with Crippen molar-refractivity contribution < 1.29 is 4.74 Å². The third-order valence-electron chi connectivity index (χ3n) is 1.70. The molecule has 1 saturated heterocycles. The van der Waals surface area contributed by atoms with E-state index < -0.39 is 5.60 Å². The average molecular weight is 111 g/mol. The Kier molecular flexibility index (Phi) is 1.02. The Morgan fingerprint density at radius 2 is 2.38 bits per heavy atom. The average Bonchev–Trinajstić information content (AvgIpc) is 2.43. The summed E-state index contributed by atoms with van der Waals surface area (Å²) in [7, 11) is 0. The van der Waals surface area contributed by atoms with E-state index in [1.807, 2.05) is 13.8 Å². The van der Waals surface area contributed by atoms with Gasteiger partial charge in [-0.3, -0.25) is 0 Å². The minimum Gasteiger partial charge on any atom is -0.350 e. The zero-order valence-electron chi connectivity index (χ0n) is 5.14. The predicted octanol–water partition coefficient (Wildman–Crippen LogP) is 1.08. The molecule has 1 rings (SSSR count). The summed E-state index contributed by atoms with van der Waals surface area (Å²) in [4.78, 5) is 0. The SMILES string of the molecule is CCC1(C#N)OC1C. The van der Waals surface area contributed by atoms with Crippen molar-refractivity contribution in [3.63, 3.8) is 0 Å². The number of nitrogens with zero attached hydrogens (tertiary/aromatic N) is 1. The van der Waals surface area contributed by atoms with Crippen LogP contribution in [0.3, 0.4) is 0 Å². The van der Waals surface area contributed by atoms with Gasteiger partial charge in [0, 0.05) is 0 Å². The summed E-state index contributed by atoms with van der Waals surface area (Å²) in [6.07, 6.45) is 0.975. The van der Waals surface area contributed by atoms with E-state index in [1.165, 1.54) is 0 Å². The molecule has 1 fully saturated rings. The second-order valence-corrected chi connectivity index (χ2v) is 2.11. The van der Waals surface area contributed by atoms with Gasteiger partial charge in [0.1, 0.15) is 6.07 Å². The van der Waals surface area contributed by atoms with Gasteiger partial charge in [-0.15, -0.1) is 0 Å². The third kappa shape index (κ3) is 0.517. The molecule has 0 N–H and O–H groups in total. The molecule has 0 aromatic carbocycles. The molecule has 2 unspecified atom stereocenters. The second kappa shape index (κ2) is 1.46. The van der Waals surface area contributed by atoms with Crippen LogP contribution >= 0.6 is 0 Å². The molecular formula is C6H9NO. The zero-order chi connectivity index (χ0) is 6.20. The van der Waals surface area contributed by atoms with E-state index in [0.29, 0.717) is 0 Å². The fourth-order valence-electron chi connectivity index (χ4n) is 0.849. The molecule has 0 aliphatic carbocycles. The van der Waals surface area contributed by atoms with Crippen molar-refractivity contribution in [2.45, 2.75) is 32.0 Å². The summed E-state index contributed by atoms with van der Waals surface area (Å²) in [5, 5.41) is 8.45. The van der Waals surface area contributed by atoms with Crippen LogP contribution in [0.15, 0.2) is 0 Å². The molecule has 0 amide bonds. The molecule has 0 aromatic heterocycles. The first-order valence-corrected chi connectivity index (χ1v) is 2.84. The molecule has 8 heavy (non-hydrogen) atoms. The van der Waals surface area contributed by atoms with Crippen molar-refractivity contribution in [2.75, 3.05) is 0 Å². The monoisotopic (exact) mass is 111 g/mol. The van der Waals surface area contributed by atoms with Gasteiger partial charge in [-0.25, -0.2) is 0 Å². The Hall–Kier alpha value is -0.550. The van der Waals surface area contributed by atoms with Crippen LogP contribution in [0, 0.1) is 11.3 Å². The molecule has 44 valence electrons. The molecule has 0 radical (unpaired) electrons. The van der Waals surface area contributed by atoms with Crippen LogP contribution in [0.25, 0.3) is 0 Å². The number of hydrogen-bond acceptors (Lipinski definition) is 2. The molecule has 0 bridgehead atoms. The standard InChI is InChI=1S/C6H9NO/c1-3-6(4-7)5(2)8-6/h5H,3H2,1-2H3. The van der Waals surface area contributed by atoms with E-state index in [4.69, 9.17) is 10.00 Å². The number of rotatable bonds is 1. The van der Waals surface area contributed by atoms with Crippen molar-refractivity contribution in [2.24, 2.45) is 0 Å². The van der Waals surface area contributed by atoms with E-state index in [2.05, 4.69) is 6.07 Å². The van der Waals surface area contributed by atoms with Crippen molar-refractivity contribution in [3.05, 3.63) is 0 Å². The summed E-state index contributed by atoms with van der Waals surface area (Å²) in [6, 6.07) is 2.13. The third-order valence-corrected chi connectivity index (χ3v) is 1.70. The maximum Gasteiger partial charge on any atom is 0.180 e. The Balaban J connectivity index is 2.56. The predicted molar refractivity (Wildman–Crippen MR) is 29.2 cm³/mol. The largest absolute Gasteiger partial charge is 0.350 e. The molecule has 0 saturated carbocycles. The van der Waals surface area contributed by atoms with Crippen LogP contribution in [-0.2, 0) is 4.74 Å². The van der Waals surface area contributed by atoms with Crippen LogP contribution < -0.4 is 0 Å². The van der Waals surface area contributed by atoms with Crippen molar-refractivity contribution in [1.82, 2.24) is 0 Å². The quantitative estimate of drug-likeness (QED) is 0.474. The number of ether oxygens (including phenoxy) is 1. The fraction of sp³-hybridized carbons (Fsp3) is 0.833. The Morgan fingerprint density at radius 1 is 1.88 bits per heavy atom. The molecular weight excluding hydrogens is 102 g/mol. The minimum absolute atomic E-state index is 0.164. The second-order valence-electron chi connectivity index (χ2n) is 2.11. The Morgan fingerprint density at radius 3 is 2.38 bits per heavy atom. The first-order chi connectivity index (χ1) is 3.75. The molecule has 2 heteroatoms. The van der Waals surface area contributed by atoms with Gasteiger partial charge in [0.25, 0.3) is 0 Å². The first kappa shape index (κ1) is 5.58. The highest BCUT2D eigenvalue weighted by atomic mass is 16.6. The van der Waals surface area contributed by atoms with E-state index in [9.17, 15) is 0 Å². The summed E-state index contributed by atoms with van der Waals surface area (Å²) < 4.78 is 5.04. The van der Waals surface area contributed by atoms with Gasteiger partial charge in [0.2, 0.25) is 0 Å². The smallest absolute Gasteiger partial charge is 0.180 e. The van der Waals surface area contributed by atoms with Gasteiger partial charge in [0.05, 0.1) is 6.10 Å². The van der Waals surface area contributed by atoms with Crippen molar-refractivity contribution >= 4 is 0 Å². The lowest BCUT2D eigenvalue weighted by molar-refractivity contribution is 0.334. The van der Waals surface area contributed by atoms with Crippen LogP contribution in [0.2, 0.25) is 0 Å². The molecule has 2 atom stereocenters. The molecule has 0 spiro atoms. The Labute approximate surface area is 49.1 Å². The van der Waals surface area contributed by atoms with Crippen LogP contribution in [0.4, 0.5) is 0 Å². The van der Waals surface area contributed by atoms with E-state index in [1.54, 1.807) is 0 Å². The summed E-state index contributed by atoms with van der Waals surface area (Å²) in [6.45, 7) is 3.89. The van der Waals surface area contributed by atoms with Crippen molar-refractivity contribution in [1.29, 1.82) is 5.26 Å². The summed E-state index contributed by atoms with van der Waals surface area (Å²) >= 11 is 0. The lowest BCUT2D eigenvalue weighted by Gasteiger charge is -1.91. The number of nitriles is 1. The topological polar surface area (TPSA) is 36.3 Å². The lowest BCUT2D eigenvalue weighted by Crippen LogP contribution is -2.07. The lowest BCUT2D eigenvalue weighted by atomic mass is 10.1. The molecule has 2 nitrogen and oxygen atoms in total. The van der Waals surface area contributed by atoms with Crippen LogP contribution in [0.1, 0.15) is 20.3 Å². The van der Waals surface area contributed by atoms with Crippen LogP contribution in [-0.4, -0.2) is 11.7 Å². The van der Waals surface area contributed by atoms with Gasteiger partial charge < -0.3 is 4.74 Å². The molecule has 1 aliphatic heterocycles. The number of epoxide rings is 1. The molecule has 1 aliphatic rings. The normalized spacial score (nSPS) is 43.4. The summed E-state index contributed by atoms with van der Waals surface area (Å²) in [5.41, 5.74) is -0.403. The van der Waals surface area contributed by atoms with E-state index in [-0.39, 0.29) is 6.10 Å². The fourth-order valence-corrected chi connectivity index (χ4v) is 0.849. The minimum atomic E-state index is -0.403. The number of hydrogen-bond donors (Lipinski definition) is 0. The van der Waals surface area contributed by atoms with E-state index >= 15 is 0 Å². The van der Waals surface area contributed by atoms with Gasteiger partial charge in [-0.1, -0.05) is 6.92 Å². The zero-order valence-corrected chi connectivity index (χ0v) is 5.14. The Bertz CT molecular complexity index is 134. The highest BCUT2D eigenvalue weighted by Gasteiger charge is 2.52. The van der Waals surface area contributed by atoms with E-state index in [0.717, 1.165) is 6.42 Å². The van der Waals surface area contributed by atoms with Gasteiger partial charge in [0.15, 0.2) is 5.60 Å².